The van der Waals surface area contributed by atoms with Gasteiger partial charge in [-0.2, -0.15) is 0 Å². The molecule has 0 bridgehead atoms. The van der Waals surface area contributed by atoms with Crippen LogP contribution in [0, 0.1) is 0 Å². The molecule has 0 aromatic heterocycles. The third-order valence-corrected chi connectivity index (χ3v) is 6.89. The van der Waals surface area contributed by atoms with Gasteiger partial charge in [-0.15, -0.1) is 0 Å². The highest BCUT2D eigenvalue weighted by atomic mass is 32.2. The van der Waals surface area contributed by atoms with Crippen LogP contribution < -0.4 is 10.6 Å². The van der Waals surface area contributed by atoms with Gasteiger partial charge in [0.15, 0.2) is 15.0 Å². The van der Waals surface area contributed by atoms with Gasteiger partial charge in [-0.25, -0.2) is 8.42 Å². The summed E-state index contributed by atoms with van der Waals surface area (Å²) in [6, 6.07) is 7.05. The number of thioether (sulfide) groups is 1. The summed E-state index contributed by atoms with van der Waals surface area (Å²) in [7, 11) is -2.92. The van der Waals surface area contributed by atoms with E-state index in [2.05, 4.69) is 15.6 Å². The standard InChI is InChI=1S/C15H19N3O3S2/c1-2-7-16-14(19)10-3-5-11(6-4-10)17-15-18-12-8-23(20,21)9-13(12)22-15/h3-6,12-13H,2,7-9H2,1H3,(H,16,19)(H,17,18)/t12-,13+/m0/s1. The Kier molecular flexibility index (Phi) is 4.63. The van der Waals surface area contributed by atoms with Crippen molar-refractivity contribution in [2.45, 2.75) is 24.6 Å². The van der Waals surface area contributed by atoms with E-state index in [1.165, 1.54) is 11.8 Å². The van der Waals surface area contributed by atoms with Crippen LogP contribution in [0.15, 0.2) is 29.3 Å². The normalized spacial score (nSPS) is 24.8. The number of carbonyl (C=O) groups excluding carboxylic acids is 1. The average Bonchev–Trinajstić information content (AvgIpc) is 2.98. The van der Waals surface area contributed by atoms with Crippen LogP contribution >= 0.6 is 11.8 Å². The van der Waals surface area contributed by atoms with Gasteiger partial charge < -0.3 is 10.6 Å². The maximum absolute atomic E-state index is 11.8. The van der Waals surface area contributed by atoms with Crippen molar-refractivity contribution in [1.82, 2.24) is 5.32 Å². The Labute approximate surface area is 140 Å². The van der Waals surface area contributed by atoms with Crippen LogP contribution in [0.3, 0.4) is 0 Å². The Hall–Kier alpha value is -1.54. The van der Waals surface area contributed by atoms with E-state index in [4.69, 9.17) is 0 Å². The highest BCUT2D eigenvalue weighted by Gasteiger charge is 2.42. The Morgan fingerprint density at radius 3 is 2.70 bits per heavy atom. The molecule has 2 aliphatic heterocycles. The van der Waals surface area contributed by atoms with Gasteiger partial charge in [-0.05, 0) is 30.7 Å². The van der Waals surface area contributed by atoms with E-state index in [0.29, 0.717) is 12.1 Å². The Morgan fingerprint density at radius 2 is 2.04 bits per heavy atom. The lowest BCUT2D eigenvalue weighted by molar-refractivity contribution is 0.0953. The van der Waals surface area contributed by atoms with Crippen molar-refractivity contribution in [3.05, 3.63) is 29.8 Å². The first-order valence-corrected chi connectivity index (χ1v) is 10.3. The van der Waals surface area contributed by atoms with E-state index in [-0.39, 0.29) is 28.7 Å². The molecule has 3 rings (SSSR count). The number of hydrogen-bond donors (Lipinski definition) is 2. The van der Waals surface area contributed by atoms with Gasteiger partial charge >= 0.3 is 0 Å². The quantitative estimate of drug-likeness (QED) is 0.857. The molecular formula is C15H19N3O3S2. The number of nitrogens with one attached hydrogen (secondary N) is 2. The van der Waals surface area contributed by atoms with Crippen LogP contribution in [0.1, 0.15) is 23.7 Å². The van der Waals surface area contributed by atoms with E-state index < -0.39 is 9.84 Å². The number of anilines is 1. The van der Waals surface area contributed by atoms with Gasteiger partial charge in [0.1, 0.15) is 0 Å². The summed E-state index contributed by atoms with van der Waals surface area (Å²) in [6.45, 7) is 2.67. The molecule has 2 N–H and O–H groups in total. The summed E-state index contributed by atoms with van der Waals surface area (Å²) < 4.78 is 23.1. The van der Waals surface area contributed by atoms with Crippen molar-refractivity contribution in [3.63, 3.8) is 0 Å². The molecule has 6 nitrogen and oxygen atoms in total. The van der Waals surface area contributed by atoms with Crippen molar-refractivity contribution >= 4 is 38.4 Å². The zero-order valence-corrected chi connectivity index (χ0v) is 14.4. The molecule has 2 atom stereocenters. The monoisotopic (exact) mass is 353 g/mol. The molecule has 1 aromatic carbocycles. The third-order valence-electron chi connectivity index (χ3n) is 3.75. The predicted molar refractivity (Wildman–Crippen MR) is 93.9 cm³/mol. The minimum atomic E-state index is -2.92. The van der Waals surface area contributed by atoms with Gasteiger partial charge in [0.25, 0.3) is 5.91 Å². The zero-order chi connectivity index (χ0) is 16.4. The van der Waals surface area contributed by atoms with Crippen molar-refractivity contribution in [1.29, 1.82) is 0 Å². The average molecular weight is 353 g/mol. The molecule has 1 amide bonds. The van der Waals surface area contributed by atoms with E-state index in [9.17, 15) is 13.2 Å². The van der Waals surface area contributed by atoms with Crippen molar-refractivity contribution in [3.8, 4) is 0 Å². The number of amides is 1. The van der Waals surface area contributed by atoms with Crippen molar-refractivity contribution in [2.75, 3.05) is 23.4 Å². The molecule has 0 saturated carbocycles. The molecule has 1 fully saturated rings. The molecule has 2 heterocycles. The summed E-state index contributed by atoms with van der Waals surface area (Å²) in [5, 5.41) is 6.80. The lowest BCUT2D eigenvalue weighted by Crippen LogP contribution is -2.23. The largest absolute Gasteiger partial charge is 0.352 e. The zero-order valence-electron chi connectivity index (χ0n) is 12.8. The van der Waals surface area contributed by atoms with Crippen LogP contribution in [-0.4, -0.2) is 48.8 Å². The number of carbonyl (C=O) groups is 1. The molecule has 8 heteroatoms. The highest BCUT2D eigenvalue weighted by Crippen LogP contribution is 2.34. The first-order chi connectivity index (χ1) is 11.0. The minimum Gasteiger partial charge on any atom is -0.352 e. The fourth-order valence-corrected chi connectivity index (χ4v) is 6.26. The molecule has 0 spiro atoms. The molecule has 0 aliphatic carbocycles. The molecule has 1 saturated heterocycles. The minimum absolute atomic E-state index is 0.0293. The van der Waals surface area contributed by atoms with Crippen LogP contribution in [0.5, 0.6) is 0 Å². The van der Waals surface area contributed by atoms with Crippen LogP contribution in [0.2, 0.25) is 0 Å². The maximum atomic E-state index is 11.8. The topological polar surface area (TPSA) is 87.6 Å². The lowest BCUT2D eigenvalue weighted by Gasteiger charge is -2.08. The number of benzene rings is 1. The fraction of sp³-hybridized carbons (Fsp3) is 0.467. The number of aliphatic imine (C=N–C) groups is 1. The Balaban J connectivity index is 1.60. The summed E-state index contributed by atoms with van der Waals surface area (Å²) in [5.74, 6) is 0.269. The smallest absolute Gasteiger partial charge is 0.251 e. The second-order valence-electron chi connectivity index (χ2n) is 5.69. The van der Waals surface area contributed by atoms with Crippen molar-refractivity contribution in [2.24, 2.45) is 4.99 Å². The molecular weight excluding hydrogens is 334 g/mol. The number of fused-ring (bicyclic) bond motifs is 1. The molecule has 124 valence electrons. The van der Waals surface area contributed by atoms with E-state index in [0.717, 1.165) is 17.3 Å². The molecule has 23 heavy (non-hydrogen) atoms. The number of amidine groups is 1. The van der Waals surface area contributed by atoms with E-state index >= 15 is 0 Å². The molecule has 1 aromatic rings. The van der Waals surface area contributed by atoms with Gasteiger partial charge in [-0.3, -0.25) is 9.79 Å². The second-order valence-corrected chi connectivity index (χ2v) is 9.07. The molecule has 0 unspecified atom stereocenters. The van der Waals surface area contributed by atoms with Gasteiger partial charge in [0.05, 0.1) is 17.5 Å². The van der Waals surface area contributed by atoms with Gasteiger partial charge in [0.2, 0.25) is 0 Å². The fourth-order valence-electron chi connectivity index (χ4n) is 2.59. The van der Waals surface area contributed by atoms with E-state index in [1.54, 1.807) is 12.1 Å². The maximum Gasteiger partial charge on any atom is 0.251 e. The van der Waals surface area contributed by atoms with Crippen LogP contribution in [0.25, 0.3) is 0 Å². The van der Waals surface area contributed by atoms with Gasteiger partial charge in [0, 0.05) is 23.0 Å². The SMILES string of the molecule is CCCNC(=O)c1ccc(NC2=N[C@H]3CS(=O)(=O)C[C@H]3S2)cc1. The Morgan fingerprint density at radius 1 is 1.30 bits per heavy atom. The van der Waals surface area contributed by atoms with Crippen molar-refractivity contribution < 1.29 is 13.2 Å². The molecule has 0 radical (unpaired) electrons. The number of sulfone groups is 1. The summed E-state index contributed by atoms with van der Waals surface area (Å²) in [4.78, 5) is 16.3. The second kappa shape index (κ2) is 6.52. The van der Waals surface area contributed by atoms with Gasteiger partial charge in [-0.1, -0.05) is 18.7 Å². The predicted octanol–water partition coefficient (Wildman–Crippen LogP) is 1.51. The first kappa shape index (κ1) is 16.3. The number of hydrogen-bond acceptors (Lipinski definition) is 6. The highest BCUT2D eigenvalue weighted by molar-refractivity contribution is 8.15. The summed E-state index contributed by atoms with van der Waals surface area (Å²) in [5.41, 5.74) is 1.46. The third kappa shape index (κ3) is 3.87. The van der Waals surface area contributed by atoms with Crippen LogP contribution in [0.4, 0.5) is 5.69 Å². The van der Waals surface area contributed by atoms with Crippen LogP contribution in [-0.2, 0) is 9.84 Å². The summed E-state index contributed by atoms with van der Waals surface area (Å²) in [6.07, 6.45) is 0.903. The lowest BCUT2D eigenvalue weighted by atomic mass is 10.2. The molecule has 2 aliphatic rings. The number of rotatable bonds is 4. The first-order valence-electron chi connectivity index (χ1n) is 7.57. The number of nitrogens with zero attached hydrogens (tertiary/aromatic N) is 1. The van der Waals surface area contributed by atoms with E-state index in [1.807, 2.05) is 19.1 Å². The summed E-state index contributed by atoms with van der Waals surface area (Å²) >= 11 is 1.48. The Bertz CT molecular complexity index is 729.